The van der Waals surface area contributed by atoms with Gasteiger partial charge in [0.25, 0.3) is 5.91 Å². The molecule has 0 aliphatic rings. The average molecular weight is 464 g/mol. The highest BCUT2D eigenvalue weighted by Crippen LogP contribution is 2.35. The molecule has 0 spiro atoms. The summed E-state index contributed by atoms with van der Waals surface area (Å²) < 4.78 is 17.6. The van der Waals surface area contributed by atoms with Crippen LogP contribution in [0.1, 0.15) is 10.6 Å². The predicted octanol–water partition coefficient (Wildman–Crippen LogP) is 5.95. The first-order valence-electron chi connectivity index (χ1n) is 9.59. The molecule has 0 saturated carbocycles. The summed E-state index contributed by atoms with van der Waals surface area (Å²) >= 11 is 2.83. The second-order valence-electron chi connectivity index (χ2n) is 6.71. The van der Waals surface area contributed by atoms with Gasteiger partial charge in [0.05, 0.1) is 30.1 Å². The average Bonchev–Trinajstić information content (AvgIpc) is 3.57. The van der Waals surface area contributed by atoms with Crippen molar-refractivity contribution >= 4 is 43.9 Å². The Morgan fingerprint density at radius 1 is 1.03 bits per heavy atom. The number of thiazole rings is 2. The molecule has 0 fully saturated rings. The van der Waals surface area contributed by atoms with Crippen molar-refractivity contribution in [3.63, 3.8) is 0 Å². The van der Waals surface area contributed by atoms with Crippen LogP contribution in [-0.4, -0.2) is 30.1 Å². The molecule has 3 aromatic heterocycles. The first-order valence-corrected chi connectivity index (χ1v) is 11.3. The molecule has 0 unspecified atom stereocenters. The van der Waals surface area contributed by atoms with Crippen LogP contribution in [0, 0.1) is 0 Å². The summed E-state index contributed by atoms with van der Waals surface area (Å²) in [7, 11) is 3.20. The number of amides is 1. The third kappa shape index (κ3) is 3.83. The maximum absolute atomic E-state index is 12.7. The number of nitrogens with one attached hydrogen (secondary N) is 1. The molecule has 0 atom stereocenters. The van der Waals surface area contributed by atoms with Gasteiger partial charge in [0.1, 0.15) is 11.5 Å². The predicted molar refractivity (Wildman–Crippen MR) is 126 cm³/mol. The van der Waals surface area contributed by atoms with E-state index in [0.29, 0.717) is 28.1 Å². The van der Waals surface area contributed by atoms with Gasteiger partial charge in [0, 0.05) is 10.9 Å². The number of carbonyl (C=O) groups is 1. The van der Waals surface area contributed by atoms with Crippen LogP contribution in [0.3, 0.4) is 0 Å². The van der Waals surface area contributed by atoms with Gasteiger partial charge in [-0.3, -0.25) is 10.1 Å². The van der Waals surface area contributed by atoms with Crippen LogP contribution >= 0.6 is 22.7 Å². The molecule has 0 aliphatic carbocycles. The first-order chi connectivity index (χ1) is 15.6. The molecule has 5 aromatic rings. The van der Waals surface area contributed by atoms with Crippen LogP contribution in [-0.2, 0) is 0 Å². The number of furan rings is 1. The van der Waals surface area contributed by atoms with Gasteiger partial charge in [-0.15, -0.1) is 22.7 Å². The fraction of sp³-hybridized carbons (Fsp3) is 0.0870. The van der Waals surface area contributed by atoms with Gasteiger partial charge >= 0.3 is 0 Å². The Morgan fingerprint density at radius 2 is 1.91 bits per heavy atom. The minimum Gasteiger partial charge on any atom is -0.497 e. The van der Waals surface area contributed by atoms with Crippen molar-refractivity contribution in [3.8, 4) is 33.5 Å². The van der Waals surface area contributed by atoms with E-state index in [1.54, 1.807) is 26.4 Å². The second kappa shape index (κ2) is 8.45. The highest BCUT2D eigenvalue weighted by Gasteiger charge is 2.17. The van der Waals surface area contributed by atoms with Crippen LogP contribution in [0.2, 0.25) is 0 Å². The molecule has 3 heterocycles. The lowest BCUT2D eigenvalue weighted by atomic mass is 10.1. The molecule has 1 amide bonds. The molecule has 160 valence electrons. The number of para-hydroxylation sites is 1. The first kappa shape index (κ1) is 20.2. The third-order valence-corrected chi connectivity index (χ3v) is 6.55. The lowest BCUT2D eigenvalue weighted by Gasteiger charge is -2.08. The Balaban J connectivity index is 1.35. The normalized spacial score (nSPS) is 10.9. The highest BCUT2D eigenvalue weighted by atomic mass is 32.1. The van der Waals surface area contributed by atoms with Gasteiger partial charge in [0.15, 0.2) is 21.7 Å². The SMILES string of the molecule is COc1ccc(OC)c(-c2csc(NC(=O)c3ccc(-c4nc5ccccc5s4)o3)n2)c1. The molecule has 1 N–H and O–H groups in total. The molecule has 0 radical (unpaired) electrons. The number of anilines is 1. The number of ether oxygens (including phenoxy) is 2. The Kier molecular flexibility index (Phi) is 5.34. The topological polar surface area (TPSA) is 86.5 Å². The van der Waals surface area contributed by atoms with Crippen LogP contribution in [0.5, 0.6) is 11.5 Å². The van der Waals surface area contributed by atoms with Gasteiger partial charge in [-0.2, -0.15) is 0 Å². The molecule has 2 aromatic carbocycles. The van der Waals surface area contributed by atoms with E-state index in [0.717, 1.165) is 20.8 Å². The molecule has 7 nitrogen and oxygen atoms in total. The minimum atomic E-state index is -0.379. The largest absolute Gasteiger partial charge is 0.497 e. The molecular formula is C23H17N3O4S2. The van der Waals surface area contributed by atoms with Crippen LogP contribution < -0.4 is 14.8 Å². The molecule has 32 heavy (non-hydrogen) atoms. The number of rotatable bonds is 6. The number of nitrogens with zero attached hydrogens (tertiary/aromatic N) is 2. The van der Waals surface area contributed by atoms with Crippen molar-refractivity contribution in [2.75, 3.05) is 19.5 Å². The fourth-order valence-corrected chi connectivity index (χ4v) is 4.81. The smallest absolute Gasteiger partial charge is 0.293 e. The van der Waals surface area contributed by atoms with E-state index < -0.39 is 0 Å². The van der Waals surface area contributed by atoms with Gasteiger partial charge in [-0.05, 0) is 42.5 Å². The van der Waals surface area contributed by atoms with E-state index in [-0.39, 0.29) is 11.7 Å². The van der Waals surface area contributed by atoms with Crippen LogP contribution in [0.15, 0.2) is 64.4 Å². The number of fused-ring (bicyclic) bond motifs is 1. The van der Waals surface area contributed by atoms with E-state index in [2.05, 4.69) is 15.3 Å². The standard InChI is InChI=1S/C23H17N3O4S2/c1-28-13-7-8-17(29-2)14(11-13)16-12-31-23(25-16)26-21(27)18-9-10-19(30-18)22-24-15-5-3-4-6-20(15)32-22/h3-12H,1-2H3,(H,25,26,27). The molecule has 0 bridgehead atoms. The van der Waals surface area contributed by atoms with Crippen LogP contribution in [0.25, 0.3) is 32.2 Å². The third-order valence-electron chi connectivity index (χ3n) is 4.74. The van der Waals surface area contributed by atoms with Crippen molar-refractivity contribution in [2.24, 2.45) is 0 Å². The monoisotopic (exact) mass is 463 g/mol. The zero-order valence-electron chi connectivity index (χ0n) is 17.1. The van der Waals surface area contributed by atoms with Crippen molar-refractivity contribution in [2.45, 2.75) is 0 Å². The van der Waals surface area contributed by atoms with Crippen molar-refractivity contribution in [1.29, 1.82) is 0 Å². The number of methoxy groups -OCH3 is 2. The zero-order chi connectivity index (χ0) is 22.1. The molecular weight excluding hydrogens is 446 g/mol. The second-order valence-corrected chi connectivity index (χ2v) is 8.60. The highest BCUT2D eigenvalue weighted by molar-refractivity contribution is 7.21. The molecule has 0 saturated heterocycles. The number of aromatic nitrogens is 2. The van der Waals surface area contributed by atoms with Crippen LogP contribution in [0.4, 0.5) is 5.13 Å². The lowest BCUT2D eigenvalue weighted by Crippen LogP contribution is -2.10. The summed E-state index contributed by atoms with van der Waals surface area (Å²) in [5, 5.41) is 5.82. The van der Waals surface area contributed by atoms with Gasteiger partial charge in [0.2, 0.25) is 0 Å². The number of benzene rings is 2. The van der Waals surface area contributed by atoms with E-state index in [4.69, 9.17) is 13.9 Å². The summed E-state index contributed by atoms with van der Waals surface area (Å²) in [6.07, 6.45) is 0. The lowest BCUT2D eigenvalue weighted by molar-refractivity contribution is 0.0997. The number of hydrogen-bond donors (Lipinski definition) is 1. The maximum atomic E-state index is 12.7. The van der Waals surface area contributed by atoms with Crippen molar-refractivity contribution in [1.82, 2.24) is 9.97 Å². The molecule has 5 rings (SSSR count). The fourth-order valence-electron chi connectivity index (χ4n) is 3.18. The van der Waals surface area contributed by atoms with E-state index >= 15 is 0 Å². The van der Waals surface area contributed by atoms with Gasteiger partial charge in [-0.1, -0.05) is 12.1 Å². The summed E-state index contributed by atoms with van der Waals surface area (Å²) in [5.74, 6) is 1.72. The quantitative estimate of drug-likeness (QED) is 0.335. The van der Waals surface area contributed by atoms with E-state index in [1.807, 2.05) is 47.8 Å². The van der Waals surface area contributed by atoms with E-state index in [9.17, 15) is 4.79 Å². The minimum absolute atomic E-state index is 0.190. The zero-order valence-corrected chi connectivity index (χ0v) is 18.8. The van der Waals surface area contributed by atoms with Gasteiger partial charge in [-0.25, -0.2) is 9.97 Å². The molecule has 9 heteroatoms. The summed E-state index contributed by atoms with van der Waals surface area (Å²) in [6.45, 7) is 0. The number of hydrogen-bond acceptors (Lipinski definition) is 8. The number of carbonyl (C=O) groups excluding carboxylic acids is 1. The summed E-state index contributed by atoms with van der Waals surface area (Å²) in [5.41, 5.74) is 2.36. The van der Waals surface area contributed by atoms with Crippen molar-refractivity contribution in [3.05, 3.63) is 65.7 Å². The summed E-state index contributed by atoms with van der Waals surface area (Å²) in [4.78, 5) is 21.8. The molecule has 0 aliphatic heterocycles. The van der Waals surface area contributed by atoms with Crippen molar-refractivity contribution < 1.29 is 18.7 Å². The Hall–Kier alpha value is -3.69. The maximum Gasteiger partial charge on any atom is 0.293 e. The van der Waals surface area contributed by atoms with Gasteiger partial charge < -0.3 is 13.9 Å². The Morgan fingerprint density at radius 3 is 2.72 bits per heavy atom. The Labute approximate surface area is 191 Å². The summed E-state index contributed by atoms with van der Waals surface area (Å²) in [6, 6.07) is 16.7. The Bertz CT molecular complexity index is 1390. The van der Waals surface area contributed by atoms with E-state index in [1.165, 1.54) is 22.7 Å².